The van der Waals surface area contributed by atoms with Gasteiger partial charge in [-0.25, -0.2) is 9.97 Å². The van der Waals surface area contributed by atoms with Crippen molar-refractivity contribution in [1.82, 2.24) is 9.97 Å². The number of benzene rings is 2. The number of hydrogen-bond acceptors (Lipinski definition) is 4. The first kappa shape index (κ1) is 15.0. The van der Waals surface area contributed by atoms with E-state index in [-0.39, 0.29) is 5.95 Å². The van der Waals surface area contributed by atoms with E-state index in [9.17, 15) is 0 Å². The van der Waals surface area contributed by atoms with Gasteiger partial charge in [0, 0.05) is 11.1 Å². The second kappa shape index (κ2) is 6.08. The van der Waals surface area contributed by atoms with Crippen molar-refractivity contribution in [2.75, 3.05) is 12.8 Å². The lowest BCUT2D eigenvalue weighted by Gasteiger charge is -2.10. The molecule has 0 aliphatic carbocycles. The standard InChI is InChI=1S/C19H19N3O/c1-12-7-8-16(13(2)9-12)18-11-17(21-19(20)22-18)14-5-4-6-15(10-14)23-3/h4-11H,1-3H3,(H2,20,21,22). The molecule has 0 unspecified atom stereocenters. The van der Waals surface area contributed by atoms with Gasteiger partial charge in [-0.3, -0.25) is 0 Å². The average molecular weight is 305 g/mol. The van der Waals surface area contributed by atoms with Crippen molar-refractivity contribution in [1.29, 1.82) is 0 Å². The summed E-state index contributed by atoms with van der Waals surface area (Å²) in [6.07, 6.45) is 0. The number of nitrogen functional groups attached to an aromatic ring is 1. The number of aromatic nitrogens is 2. The first-order valence-corrected chi connectivity index (χ1v) is 7.43. The maximum atomic E-state index is 5.93. The Bertz CT molecular complexity index is 859. The van der Waals surface area contributed by atoms with Crippen LogP contribution in [0.5, 0.6) is 5.75 Å². The van der Waals surface area contributed by atoms with Gasteiger partial charge in [-0.2, -0.15) is 0 Å². The highest BCUT2D eigenvalue weighted by atomic mass is 16.5. The van der Waals surface area contributed by atoms with Gasteiger partial charge in [-0.05, 0) is 37.6 Å². The molecule has 2 N–H and O–H groups in total. The van der Waals surface area contributed by atoms with Gasteiger partial charge in [0.1, 0.15) is 5.75 Å². The fourth-order valence-corrected chi connectivity index (χ4v) is 2.64. The van der Waals surface area contributed by atoms with Crippen LogP contribution >= 0.6 is 0 Å². The highest BCUT2D eigenvalue weighted by Gasteiger charge is 2.09. The van der Waals surface area contributed by atoms with Crippen LogP contribution in [-0.4, -0.2) is 17.1 Å². The Hall–Kier alpha value is -2.88. The fraction of sp³-hybridized carbons (Fsp3) is 0.158. The summed E-state index contributed by atoms with van der Waals surface area (Å²) in [6.45, 7) is 4.15. The molecule has 0 spiro atoms. The Morgan fingerprint density at radius 2 is 1.70 bits per heavy atom. The molecule has 0 atom stereocenters. The van der Waals surface area contributed by atoms with Gasteiger partial charge < -0.3 is 10.5 Å². The maximum absolute atomic E-state index is 5.93. The van der Waals surface area contributed by atoms with Crippen LogP contribution < -0.4 is 10.5 Å². The Kier molecular flexibility index (Phi) is 3.98. The molecule has 1 heterocycles. The first-order valence-electron chi connectivity index (χ1n) is 7.43. The van der Waals surface area contributed by atoms with Crippen LogP contribution in [0.25, 0.3) is 22.5 Å². The molecule has 116 valence electrons. The van der Waals surface area contributed by atoms with Gasteiger partial charge in [0.2, 0.25) is 5.95 Å². The summed E-state index contributed by atoms with van der Waals surface area (Å²) < 4.78 is 5.28. The Labute approximate surface area is 136 Å². The van der Waals surface area contributed by atoms with Gasteiger partial charge in [-0.1, -0.05) is 35.9 Å². The van der Waals surface area contributed by atoms with Crippen LogP contribution in [-0.2, 0) is 0 Å². The van der Waals surface area contributed by atoms with Crippen molar-refractivity contribution in [3.8, 4) is 28.3 Å². The molecule has 1 aromatic heterocycles. The molecule has 0 saturated heterocycles. The summed E-state index contributed by atoms with van der Waals surface area (Å²) in [4.78, 5) is 8.76. The molecule has 0 bridgehead atoms. The predicted octanol–water partition coefficient (Wildman–Crippen LogP) is 4.02. The molecule has 0 aliphatic heterocycles. The molecular formula is C19H19N3O. The molecule has 23 heavy (non-hydrogen) atoms. The molecule has 0 amide bonds. The van der Waals surface area contributed by atoms with E-state index in [1.165, 1.54) is 11.1 Å². The van der Waals surface area contributed by atoms with Crippen LogP contribution in [0.3, 0.4) is 0 Å². The van der Waals surface area contributed by atoms with Crippen molar-refractivity contribution in [3.63, 3.8) is 0 Å². The molecule has 2 aromatic carbocycles. The quantitative estimate of drug-likeness (QED) is 0.794. The highest BCUT2D eigenvalue weighted by molar-refractivity contribution is 5.71. The fourth-order valence-electron chi connectivity index (χ4n) is 2.64. The van der Waals surface area contributed by atoms with Crippen LogP contribution in [0.2, 0.25) is 0 Å². The minimum absolute atomic E-state index is 0.264. The van der Waals surface area contributed by atoms with Crippen molar-refractivity contribution < 1.29 is 4.74 Å². The van der Waals surface area contributed by atoms with E-state index in [1.807, 2.05) is 30.3 Å². The van der Waals surface area contributed by atoms with E-state index in [4.69, 9.17) is 10.5 Å². The second-order valence-corrected chi connectivity index (χ2v) is 5.55. The molecule has 0 aliphatic rings. The zero-order valence-corrected chi connectivity index (χ0v) is 13.5. The topological polar surface area (TPSA) is 61.0 Å². The summed E-state index contributed by atoms with van der Waals surface area (Å²) >= 11 is 0. The number of nitrogens with two attached hydrogens (primary N) is 1. The predicted molar refractivity (Wildman–Crippen MR) is 93.3 cm³/mol. The minimum atomic E-state index is 0.264. The number of ether oxygens (including phenoxy) is 1. The molecular weight excluding hydrogens is 286 g/mol. The Morgan fingerprint density at radius 1 is 0.913 bits per heavy atom. The van der Waals surface area contributed by atoms with E-state index in [0.717, 1.165) is 28.3 Å². The lowest BCUT2D eigenvalue weighted by molar-refractivity contribution is 0.415. The first-order chi connectivity index (χ1) is 11.1. The monoisotopic (exact) mass is 305 g/mol. The Balaban J connectivity index is 2.12. The molecule has 4 heteroatoms. The van der Waals surface area contributed by atoms with E-state index >= 15 is 0 Å². The zero-order valence-electron chi connectivity index (χ0n) is 13.5. The summed E-state index contributed by atoms with van der Waals surface area (Å²) in [7, 11) is 1.65. The van der Waals surface area contributed by atoms with Gasteiger partial charge in [-0.15, -0.1) is 0 Å². The molecule has 0 saturated carbocycles. The average Bonchev–Trinajstić information content (AvgIpc) is 2.54. The number of aryl methyl sites for hydroxylation is 2. The number of nitrogens with zero attached hydrogens (tertiary/aromatic N) is 2. The summed E-state index contributed by atoms with van der Waals surface area (Å²) in [5.41, 5.74) is 11.9. The normalized spacial score (nSPS) is 10.6. The Morgan fingerprint density at radius 3 is 2.43 bits per heavy atom. The van der Waals surface area contributed by atoms with Crippen LogP contribution in [0, 0.1) is 13.8 Å². The smallest absolute Gasteiger partial charge is 0.221 e. The summed E-state index contributed by atoms with van der Waals surface area (Å²) in [6, 6.07) is 16.0. The van der Waals surface area contributed by atoms with E-state index < -0.39 is 0 Å². The third kappa shape index (κ3) is 3.16. The van der Waals surface area contributed by atoms with Gasteiger partial charge >= 0.3 is 0 Å². The molecule has 3 rings (SSSR count). The number of hydrogen-bond donors (Lipinski definition) is 1. The summed E-state index contributed by atoms with van der Waals surface area (Å²) in [5.74, 6) is 1.05. The van der Waals surface area contributed by atoms with E-state index in [1.54, 1.807) is 7.11 Å². The largest absolute Gasteiger partial charge is 0.497 e. The van der Waals surface area contributed by atoms with Crippen molar-refractivity contribution in [3.05, 3.63) is 59.7 Å². The number of rotatable bonds is 3. The number of methoxy groups -OCH3 is 1. The SMILES string of the molecule is COc1cccc(-c2cc(-c3ccc(C)cc3C)nc(N)n2)c1. The van der Waals surface area contributed by atoms with Gasteiger partial charge in [0.25, 0.3) is 0 Å². The van der Waals surface area contributed by atoms with E-state index in [0.29, 0.717) is 0 Å². The molecule has 3 aromatic rings. The number of anilines is 1. The maximum Gasteiger partial charge on any atom is 0.221 e. The minimum Gasteiger partial charge on any atom is -0.497 e. The lowest BCUT2D eigenvalue weighted by Crippen LogP contribution is -1.99. The second-order valence-electron chi connectivity index (χ2n) is 5.55. The van der Waals surface area contributed by atoms with Crippen molar-refractivity contribution >= 4 is 5.95 Å². The summed E-state index contributed by atoms with van der Waals surface area (Å²) in [5, 5.41) is 0. The zero-order chi connectivity index (χ0) is 16.4. The molecule has 0 fully saturated rings. The van der Waals surface area contributed by atoms with Gasteiger partial charge in [0.15, 0.2) is 0 Å². The third-order valence-electron chi connectivity index (χ3n) is 3.77. The van der Waals surface area contributed by atoms with Gasteiger partial charge in [0.05, 0.1) is 18.5 Å². The third-order valence-corrected chi connectivity index (χ3v) is 3.77. The van der Waals surface area contributed by atoms with Crippen LogP contribution in [0.15, 0.2) is 48.5 Å². The van der Waals surface area contributed by atoms with Crippen molar-refractivity contribution in [2.24, 2.45) is 0 Å². The molecule has 0 radical (unpaired) electrons. The lowest BCUT2D eigenvalue weighted by atomic mass is 10.0. The van der Waals surface area contributed by atoms with Crippen LogP contribution in [0.4, 0.5) is 5.95 Å². The van der Waals surface area contributed by atoms with Crippen molar-refractivity contribution in [2.45, 2.75) is 13.8 Å². The highest BCUT2D eigenvalue weighted by Crippen LogP contribution is 2.28. The van der Waals surface area contributed by atoms with E-state index in [2.05, 4.69) is 42.0 Å². The molecule has 4 nitrogen and oxygen atoms in total. The van der Waals surface area contributed by atoms with Crippen LogP contribution in [0.1, 0.15) is 11.1 Å².